The molecule has 1 heterocycles. The minimum Gasteiger partial charge on any atom is -0.469 e. The van der Waals surface area contributed by atoms with Gasteiger partial charge < -0.3 is 4.42 Å². The fourth-order valence-electron chi connectivity index (χ4n) is 1.43. The fraction of sp³-hybridized carbons (Fsp3) is 0.154. The predicted octanol–water partition coefficient (Wildman–Crippen LogP) is 3.46. The van der Waals surface area contributed by atoms with Crippen molar-refractivity contribution in [2.75, 3.05) is 0 Å². The van der Waals surface area contributed by atoms with Gasteiger partial charge in [0.25, 0.3) is 0 Å². The van der Waals surface area contributed by atoms with E-state index in [1.165, 1.54) is 5.56 Å². The molecule has 71 valence electrons. The highest BCUT2D eigenvalue weighted by atomic mass is 16.3. The zero-order valence-electron chi connectivity index (χ0n) is 8.02. The maximum atomic E-state index is 5.22. The topological polar surface area (TPSA) is 13.1 Å². The van der Waals surface area contributed by atoms with Crippen LogP contribution in [0.15, 0.2) is 53.1 Å². The van der Waals surface area contributed by atoms with Crippen molar-refractivity contribution in [3.05, 3.63) is 66.5 Å². The van der Waals surface area contributed by atoms with Crippen molar-refractivity contribution in [2.24, 2.45) is 0 Å². The zero-order valence-corrected chi connectivity index (χ0v) is 8.02. The molecule has 0 fully saturated rings. The van der Waals surface area contributed by atoms with E-state index in [-0.39, 0.29) is 0 Å². The van der Waals surface area contributed by atoms with Crippen LogP contribution in [0, 0.1) is 6.42 Å². The van der Waals surface area contributed by atoms with E-state index in [9.17, 15) is 0 Å². The molecule has 0 N–H and O–H groups in total. The van der Waals surface area contributed by atoms with E-state index in [0.29, 0.717) is 0 Å². The molecule has 0 aliphatic rings. The van der Waals surface area contributed by atoms with Crippen LogP contribution >= 0.6 is 0 Å². The minimum atomic E-state index is 0.959. The molecule has 0 saturated heterocycles. The summed E-state index contributed by atoms with van der Waals surface area (Å²) in [5, 5.41) is 0. The summed E-state index contributed by atoms with van der Waals surface area (Å²) >= 11 is 0. The summed E-state index contributed by atoms with van der Waals surface area (Å²) in [7, 11) is 0. The van der Waals surface area contributed by atoms with Gasteiger partial charge in [0, 0.05) is 6.42 Å². The van der Waals surface area contributed by atoms with Crippen LogP contribution < -0.4 is 0 Å². The van der Waals surface area contributed by atoms with Gasteiger partial charge >= 0.3 is 0 Å². The molecule has 0 aliphatic carbocycles. The summed E-state index contributed by atoms with van der Waals surface area (Å²) in [6.07, 6.45) is 5.92. The first kappa shape index (κ1) is 9.07. The Morgan fingerprint density at radius 1 is 1.00 bits per heavy atom. The molecule has 1 radical (unpaired) electrons. The number of aryl methyl sites for hydroxylation is 1. The highest BCUT2D eigenvalue weighted by Crippen LogP contribution is 2.09. The van der Waals surface area contributed by atoms with Crippen molar-refractivity contribution in [1.82, 2.24) is 0 Å². The second kappa shape index (κ2) is 4.66. The molecule has 1 heteroatoms. The number of hydrogen-bond acceptors (Lipinski definition) is 1. The van der Waals surface area contributed by atoms with Crippen LogP contribution in [0.1, 0.15) is 17.7 Å². The lowest BCUT2D eigenvalue weighted by Crippen LogP contribution is -1.85. The zero-order chi connectivity index (χ0) is 9.64. The maximum Gasteiger partial charge on any atom is 0.107 e. The van der Waals surface area contributed by atoms with Gasteiger partial charge in [-0.05, 0) is 30.5 Å². The average molecular weight is 185 g/mol. The molecule has 1 aromatic carbocycles. The van der Waals surface area contributed by atoms with Gasteiger partial charge in [0.2, 0.25) is 0 Å². The molecule has 0 spiro atoms. The Bertz CT molecular complexity index is 348. The van der Waals surface area contributed by atoms with Gasteiger partial charge in [0.1, 0.15) is 5.76 Å². The van der Waals surface area contributed by atoms with Crippen LogP contribution in [-0.4, -0.2) is 0 Å². The van der Waals surface area contributed by atoms with Gasteiger partial charge in [-0.15, -0.1) is 0 Å². The van der Waals surface area contributed by atoms with E-state index < -0.39 is 0 Å². The lowest BCUT2D eigenvalue weighted by molar-refractivity contribution is 0.535. The quantitative estimate of drug-likeness (QED) is 0.711. The van der Waals surface area contributed by atoms with Crippen LogP contribution in [0.4, 0.5) is 0 Å². The summed E-state index contributed by atoms with van der Waals surface area (Å²) in [5.41, 5.74) is 1.37. The van der Waals surface area contributed by atoms with E-state index in [2.05, 4.69) is 30.7 Å². The molecule has 14 heavy (non-hydrogen) atoms. The Kier molecular flexibility index (Phi) is 3.02. The Hall–Kier alpha value is -1.50. The van der Waals surface area contributed by atoms with E-state index in [1.807, 2.05) is 18.2 Å². The SMILES string of the molecule is [CH](CCc1ccccc1)c1ccco1. The van der Waals surface area contributed by atoms with E-state index in [1.54, 1.807) is 6.26 Å². The lowest BCUT2D eigenvalue weighted by atomic mass is 10.1. The molecule has 0 unspecified atom stereocenters. The van der Waals surface area contributed by atoms with E-state index in [0.717, 1.165) is 18.6 Å². The van der Waals surface area contributed by atoms with Crippen molar-refractivity contribution in [3.63, 3.8) is 0 Å². The number of hydrogen-bond donors (Lipinski definition) is 0. The summed E-state index contributed by atoms with van der Waals surface area (Å²) < 4.78 is 5.22. The first-order valence-electron chi connectivity index (χ1n) is 4.86. The van der Waals surface area contributed by atoms with Gasteiger partial charge in [-0.25, -0.2) is 0 Å². The molecule has 2 aromatic rings. The van der Waals surface area contributed by atoms with Crippen molar-refractivity contribution >= 4 is 0 Å². The van der Waals surface area contributed by atoms with Crippen LogP contribution in [0.2, 0.25) is 0 Å². The first-order chi connectivity index (χ1) is 6.95. The van der Waals surface area contributed by atoms with Gasteiger partial charge in [-0.1, -0.05) is 30.3 Å². The van der Waals surface area contributed by atoms with Gasteiger partial charge in [-0.2, -0.15) is 0 Å². The highest BCUT2D eigenvalue weighted by Gasteiger charge is 1.96. The first-order valence-corrected chi connectivity index (χ1v) is 4.86. The summed E-state index contributed by atoms with van der Waals surface area (Å²) in [4.78, 5) is 0. The van der Waals surface area contributed by atoms with Crippen LogP contribution in [0.3, 0.4) is 0 Å². The van der Waals surface area contributed by atoms with Crippen molar-refractivity contribution in [3.8, 4) is 0 Å². The van der Waals surface area contributed by atoms with Crippen LogP contribution in [0.25, 0.3) is 0 Å². The maximum absolute atomic E-state index is 5.22. The third-order valence-corrected chi connectivity index (χ3v) is 2.16. The third kappa shape index (κ3) is 2.49. The second-order valence-corrected chi connectivity index (χ2v) is 3.24. The number of rotatable bonds is 4. The number of furan rings is 1. The monoisotopic (exact) mass is 185 g/mol. The van der Waals surface area contributed by atoms with Crippen LogP contribution in [-0.2, 0) is 6.42 Å². The molecular weight excluding hydrogens is 172 g/mol. The van der Waals surface area contributed by atoms with Crippen LogP contribution in [0.5, 0.6) is 0 Å². The Morgan fingerprint density at radius 3 is 2.57 bits per heavy atom. The molecular formula is C13H13O. The summed E-state index contributed by atoms with van der Waals surface area (Å²) in [6, 6.07) is 14.4. The number of benzene rings is 1. The smallest absolute Gasteiger partial charge is 0.107 e. The largest absolute Gasteiger partial charge is 0.469 e. The molecule has 1 nitrogen and oxygen atoms in total. The van der Waals surface area contributed by atoms with Gasteiger partial charge in [-0.3, -0.25) is 0 Å². The summed E-state index contributed by atoms with van der Waals surface area (Å²) in [5.74, 6) is 0.959. The molecule has 0 bridgehead atoms. The minimum absolute atomic E-state index is 0.959. The van der Waals surface area contributed by atoms with Crippen molar-refractivity contribution in [2.45, 2.75) is 12.8 Å². The summed E-state index contributed by atoms with van der Waals surface area (Å²) in [6.45, 7) is 0. The highest BCUT2D eigenvalue weighted by molar-refractivity contribution is 5.16. The molecule has 0 saturated carbocycles. The van der Waals surface area contributed by atoms with E-state index >= 15 is 0 Å². The fourth-order valence-corrected chi connectivity index (χ4v) is 1.43. The lowest BCUT2D eigenvalue weighted by Gasteiger charge is -1.98. The molecule has 0 amide bonds. The van der Waals surface area contributed by atoms with E-state index in [4.69, 9.17) is 4.42 Å². The Balaban J connectivity index is 1.79. The van der Waals surface area contributed by atoms with Gasteiger partial charge in [0.05, 0.1) is 6.26 Å². The second-order valence-electron chi connectivity index (χ2n) is 3.24. The molecule has 0 aliphatic heterocycles. The Labute approximate surface area is 84.4 Å². The average Bonchev–Trinajstić information content (AvgIpc) is 2.72. The van der Waals surface area contributed by atoms with Gasteiger partial charge in [0.15, 0.2) is 0 Å². The Morgan fingerprint density at radius 2 is 1.86 bits per heavy atom. The van der Waals surface area contributed by atoms with Crippen molar-refractivity contribution in [1.29, 1.82) is 0 Å². The molecule has 0 atom stereocenters. The van der Waals surface area contributed by atoms with Crippen molar-refractivity contribution < 1.29 is 4.42 Å². The third-order valence-electron chi connectivity index (χ3n) is 2.16. The molecule has 1 aromatic heterocycles. The molecule has 2 rings (SSSR count). The standard InChI is InChI=1S/C13H13O/c1-2-6-12(7-3-1)8-4-9-13-10-5-11-14-13/h1-3,5-7,9-11H,4,8H2. The normalized spacial score (nSPS) is 10.3. The predicted molar refractivity (Wildman–Crippen MR) is 56.9 cm³/mol.